The summed E-state index contributed by atoms with van der Waals surface area (Å²) in [6.45, 7) is 0. The van der Waals surface area contributed by atoms with Crippen LogP contribution in [0, 0.1) is 5.82 Å². The molecule has 0 fully saturated rings. The number of hydrogen-bond donors (Lipinski definition) is 0. The van der Waals surface area contributed by atoms with Gasteiger partial charge in [0.05, 0.1) is 5.56 Å². The standard InChI is InChI=1S/C8H3BrF4O2/c9-5-1-2-6(15-8(11,12)13)7(10)4(5)3-14/h1-3H. The fourth-order valence-electron chi connectivity index (χ4n) is 0.861. The minimum atomic E-state index is -4.99. The zero-order valence-corrected chi connectivity index (χ0v) is 8.52. The number of halogens is 5. The highest BCUT2D eigenvalue weighted by molar-refractivity contribution is 9.10. The Bertz CT molecular complexity index is 389. The fourth-order valence-corrected chi connectivity index (χ4v) is 1.26. The second-order valence-electron chi connectivity index (χ2n) is 2.44. The molecular formula is C8H3BrF4O2. The first-order valence-corrected chi connectivity index (χ1v) is 4.33. The van der Waals surface area contributed by atoms with Gasteiger partial charge in [0.25, 0.3) is 0 Å². The lowest BCUT2D eigenvalue weighted by Crippen LogP contribution is -2.18. The molecule has 1 aromatic carbocycles. The van der Waals surface area contributed by atoms with Gasteiger partial charge in [0.15, 0.2) is 17.9 Å². The van der Waals surface area contributed by atoms with Crippen molar-refractivity contribution in [1.82, 2.24) is 0 Å². The number of rotatable bonds is 2. The van der Waals surface area contributed by atoms with Gasteiger partial charge < -0.3 is 4.74 Å². The van der Waals surface area contributed by atoms with Crippen LogP contribution in [-0.4, -0.2) is 12.6 Å². The van der Waals surface area contributed by atoms with E-state index in [1.165, 1.54) is 0 Å². The minimum absolute atomic E-state index is 0.0597. The molecule has 0 atom stereocenters. The van der Waals surface area contributed by atoms with Crippen LogP contribution in [0.1, 0.15) is 10.4 Å². The maximum atomic E-state index is 13.2. The maximum absolute atomic E-state index is 13.2. The van der Waals surface area contributed by atoms with E-state index in [0.29, 0.717) is 0 Å². The second-order valence-corrected chi connectivity index (χ2v) is 3.29. The SMILES string of the molecule is O=Cc1c(Br)ccc(OC(F)(F)F)c1F. The van der Waals surface area contributed by atoms with Gasteiger partial charge in [0.2, 0.25) is 0 Å². The maximum Gasteiger partial charge on any atom is 0.573 e. The molecule has 0 saturated carbocycles. The van der Waals surface area contributed by atoms with Crippen LogP contribution in [0.2, 0.25) is 0 Å². The molecule has 0 unspecified atom stereocenters. The van der Waals surface area contributed by atoms with Gasteiger partial charge in [0.1, 0.15) is 0 Å². The molecular weight excluding hydrogens is 284 g/mol. The van der Waals surface area contributed by atoms with Crippen LogP contribution in [-0.2, 0) is 0 Å². The number of alkyl halides is 3. The molecule has 0 spiro atoms. The van der Waals surface area contributed by atoms with Crippen LogP contribution in [0.25, 0.3) is 0 Å². The van der Waals surface area contributed by atoms with Crippen molar-refractivity contribution in [2.24, 2.45) is 0 Å². The van der Waals surface area contributed by atoms with Crippen molar-refractivity contribution in [1.29, 1.82) is 0 Å². The molecule has 7 heteroatoms. The van der Waals surface area contributed by atoms with Crippen molar-refractivity contribution < 1.29 is 27.1 Å². The third-order valence-electron chi connectivity index (χ3n) is 1.43. The van der Waals surface area contributed by atoms with Gasteiger partial charge in [-0.25, -0.2) is 4.39 Å². The molecule has 0 aliphatic rings. The number of hydrogen-bond acceptors (Lipinski definition) is 2. The Balaban J connectivity index is 3.16. The van der Waals surface area contributed by atoms with Gasteiger partial charge >= 0.3 is 6.36 Å². The fraction of sp³-hybridized carbons (Fsp3) is 0.125. The topological polar surface area (TPSA) is 26.3 Å². The van der Waals surface area contributed by atoms with E-state index in [1.54, 1.807) is 0 Å². The van der Waals surface area contributed by atoms with Crippen molar-refractivity contribution in [3.8, 4) is 5.75 Å². The normalized spacial score (nSPS) is 11.3. The van der Waals surface area contributed by atoms with E-state index in [9.17, 15) is 22.4 Å². The summed E-state index contributed by atoms with van der Waals surface area (Å²) in [6.07, 6.45) is -4.89. The van der Waals surface area contributed by atoms with Gasteiger partial charge in [-0.1, -0.05) is 0 Å². The summed E-state index contributed by atoms with van der Waals surface area (Å²) >= 11 is 2.81. The monoisotopic (exact) mass is 286 g/mol. The number of ether oxygens (including phenoxy) is 1. The lowest BCUT2D eigenvalue weighted by molar-refractivity contribution is -0.275. The Morgan fingerprint density at radius 3 is 2.40 bits per heavy atom. The van der Waals surface area contributed by atoms with Gasteiger partial charge in [0, 0.05) is 4.47 Å². The van der Waals surface area contributed by atoms with Crippen molar-refractivity contribution in [3.63, 3.8) is 0 Å². The smallest absolute Gasteiger partial charge is 0.403 e. The van der Waals surface area contributed by atoms with E-state index in [4.69, 9.17) is 0 Å². The quantitative estimate of drug-likeness (QED) is 0.616. The predicted octanol–water partition coefficient (Wildman–Crippen LogP) is 3.30. The molecule has 0 saturated heterocycles. The number of aldehydes is 1. The lowest BCUT2D eigenvalue weighted by Gasteiger charge is -2.10. The number of carbonyl (C=O) groups excluding carboxylic acids is 1. The summed E-state index contributed by atoms with van der Waals surface area (Å²) in [5, 5.41) is 0. The molecule has 0 bridgehead atoms. The summed E-state index contributed by atoms with van der Waals surface area (Å²) in [5.74, 6) is -2.38. The van der Waals surface area contributed by atoms with Crippen LogP contribution in [0.5, 0.6) is 5.75 Å². The molecule has 0 aliphatic heterocycles. The highest BCUT2D eigenvalue weighted by atomic mass is 79.9. The summed E-state index contributed by atoms with van der Waals surface area (Å²) in [7, 11) is 0. The Morgan fingerprint density at radius 2 is 1.93 bits per heavy atom. The van der Waals surface area contributed by atoms with Crippen molar-refractivity contribution in [2.45, 2.75) is 6.36 Å². The van der Waals surface area contributed by atoms with Crippen LogP contribution < -0.4 is 4.74 Å². The molecule has 0 N–H and O–H groups in total. The Labute approximate surface area is 90.0 Å². The van der Waals surface area contributed by atoms with Gasteiger partial charge in [-0.3, -0.25) is 4.79 Å². The lowest BCUT2D eigenvalue weighted by atomic mass is 10.2. The average Bonchev–Trinajstić information content (AvgIpc) is 2.09. The summed E-state index contributed by atoms with van der Waals surface area (Å²) in [6, 6.07) is 1.87. The first kappa shape index (κ1) is 12.0. The third kappa shape index (κ3) is 2.92. The summed E-state index contributed by atoms with van der Waals surface area (Å²) < 4.78 is 51.9. The van der Waals surface area contributed by atoms with Gasteiger partial charge in [-0.15, -0.1) is 13.2 Å². The molecule has 0 aliphatic carbocycles. The first-order chi connectivity index (χ1) is 6.85. The van der Waals surface area contributed by atoms with Crippen LogP contribution >= 0.6 is 15.9 Å². The Hall–Kier alpha value is -1.11. The largest absolute Gasteiger partial charge is 0.573 e. The van der Waals surface area contributed by atoms with E-state index in [0.717, 1.165) is 12.1 Å². The van der Waals surface area contributed by atoms with Gasteiger partial charge in [-0.2, -0.15) is 0 Å². The highest BCUT2D eigenvalue weighted by Gasteiger charge is 2.33. The first-order valence-electron chi connectivity index (χ1n) is 3.54. The van der Waals surface area contributed by atoms with E-state index in [1.807, 2.05) is 0 Å². The number of benzene rings is 1. The van der Waals surface area contributed by atoms with E-state index in [-0.39, 0.29) is 10.8 Å². The molecule has 0 radical (unpaired) electrons. The molecule has 1 rings (SSSR count). The molecule has 0 aromatic heterocycles. The van der Waals surface area contributed by atoms with Crippen molar-refractivity contribution >= 4 is 22.2 Å². The average molecular weight is 287 g/mol. The number of carbonyl (C=O) groups is 1. The Kier molecular flexibility index (Phi) is 3.33. The van der Waals surface area contributed by atoms with Crippen LogP contribution in [0.3, 0.4) is 0 Å². The molecule has 0 amide bonds. The minimum Gasteiger partial charge on any atom is -0.403 e. The molecule has 1 aromatic rings. The van der Waals surface area contributed by atoms with E-state index in [2.05, 4.69) is 20.7 Å². The van der Waals surface area contributed by atoms with E-state index < -0.39 is 23.5 Å². The van der Waals surface area contributed by atoms with Crippen LogP contribution in [0.4, 0.5) is 17.6 Å². The molecule has 15 heavy (non-hydrogen) atoms. The summed E-state index contributed by atoms with van der Waals surface area (Å²) in [4.78, 5) is 10.4. The zero-order chi connectivity index (χ0) is 11.6. The van der Waals surface area contributed by atoms with Crippen LogP contribution in [0.15, 0.2) is 16.6 Å². The Morgan fingerprint density at radius 1 is 1.33 bits per heavy atom. The predicted molar refractivity (Wildman–Crippen MR) is 46.2 cm³/mol. The molecule has 0 heterocycles. The molecule has 82 valence electrons. The molecule has 2 nitrogen and oxygen atoms in total. The van der Waals surface area contributed by atoms with Crippen molar-refractivity contribution in [2.75, 3.05) is 0 Å². The second kappa shape index (κ2) is 4.18. The summed E-state index contributed by atoms with van der Waals surface area (Å²) in [5.41, 5.74) is -0.517. The highest BCUT2D eigenvalue weighted by Crippen LogP contribution is 2.30. The van der Waals surface area contributed by atoms with E-state index >= 15 is 0 Å². The third-order valence-corrected chi connectivity index (χ3v) is 2.13. The van der Waals surface area contributed by atoms with Gasteiger partial charge in [-0.05, 0) is 28.1 Å². The van der Waals surface area contributed by atoms with Crippen molar-refractivity contribution in [3.05, 3.63) is 28.0 Å². The zero-order valence-electron chi connectivity index (χ0n) is 6.94.